The first kappa shape index (κ1) is 17.2. The van der Waals surface area contributed by atoms with Crippen molar-refractivity contribution in [3.05, 3.63) is 53.1 Å². The number of hydrogen-bond donors (Lipinski definition) is 0. The van der Waals surface area contributed by atoms with Gasteiger partial charge in [0.1, 0.15) is 5.25 Å². The maximum absolute atomic E-state index is 12.2. The molecule has 6 heteroatoms. The second-order valence-electron chi connectivity index (χ2n) is 4.61. The molecule has 0 saturated heterocycles. The quantitative estimate of drug-likeness (QED) is 0.458. The normalized spacial score (nSPS) is 11.4. The van der Waals surface area contributed by atoms with Gasteiger partial charge in [0.05, 0.1) is 18.7 Å². The van der Waals surface area contributed by atoms with E-state index in [-0.39, 0.29) is 0 Å². The molecular weight excluding hydrogens is 334 g/mol. The van der Waals surface area contributed by atoms with Crippen LogP contribution in [0.2, 0.25) is 5.02 Å². The topological polar surface area (TPSA) is 59.3 Å². The van der Waals surface area contributed by atoms with Crippen molar-refractivity contribution >= 4 is 29.3 Å². The molecule has 0 aliphatic carbocycles. The Morgan fingerprint density at radius 2 is 1.91 bits per heavy atom. The lowest BCUT2D eigenvalue weighted by molar-refractivity contribution is -0.133. The third kappa shape index (κ3) is 4.65. The fraction of sp³-hybridized carbons (Fsp3) is 0.176. The van der Waals surface area contributed by atoms with Crippen LogP contribution in [0.1, 0.15) is 12.5 Å². The van der Waals surface area contributed by atoms with Gasteiger partial charge in [-0.3, -0.25) is 4.79 Å². The van der Waals surface area contributed by atoms with E-state index in [0.29, 0.717) is 22.1 Å². The molecule has 0 bridgehead atoms. The van der Waals surface area contributed by atoms with Crippen molar-refractivity contribution in [2.24, 2.45) is 0 Å². The molecule has 0 spiro atoms. The van der Waals surface area contributed by atoms with E-state index in [0.717, 1.165) is 4.90 Å². The number of carbonyl (C=O) groups excluding carboxylic acids is 1. The average molecular weight is 348 g/mol. The van der Waals surface area contributed by atoms with Crippen LogP contribution in [0.15, 0.2) is 47.4 Å². The molecule has 0 aliphatic heterocycles. The zero-order valence-corrected chi connectivity index (χ0v) is 14.1. The van der Waals surface area contributed by atoms with Crippen LogP contribution in [0.4, 0.5) is 0 Å². The van der Waals surface area contributed by atoms with E-state index >= 15 is 0 Å². The number of nitriles is 1. The second kappa shape index (κ2) is 7.91. The molecule has 2 aromatic rings. The number of rotatable bonds is 5. The van der Waals surface area contributed by atoms with E-state index in [1.807, 2.05) is 18.2 Å². The third-order valence-electron chi connectivity index (χ3n) is 2.96. The summed E-state index contributed by atoms with van der Waals surface area (Å²) in [5.74, 6) is 0.245. The van der Waals surface area contributed by atoms with Gasteiger partial charge in [0.25, 0.3) is 0 Å². The highest BCUT2D eigenvalue weighted by Crippen LogP contribution is 2.30. The summed E-state index contributed by atoms with van der Waals surface area (Å²) in [6.07, 6.45) is 0. The fourth-order valence-corrected chi connectivity index (χ4v) is 2.75. The zero-order chi connectivity index (χ0) is 16.8. The molecule has 1 atom stereocenters. The largest absolute Gasteiger partial charge is 0.493 e. The van der Waals surface area contributed by atoms with Crippen LogP contribution in [0.25, 0.3) is 0 Å². The molecule has 0 aliphatic rings. The fourth-order valence-electron chi connectivity index (χ4n) is 1.78. The van der Waals surface area contributed by atoms with Crippen LogP contribution >= 0.6 is 23.4 Å². The monoisotopic (exact) mass is 347 g/mol. The van der Waals surface area contributed by atoms with E-state index in [4.69, 9.17) is 26.3 Å². The maximum atomic E-state index is 12.2. The average Bonchev–Trinajstić information content (AvgIpc) is 2.57. The van der Waals surface area contributed by atoms with Crippen molar-refractivity contribution in [3.63, 3.8) is 0 Å². The number of ether oxygens (including phenoxy) is 2. The molecule has 1 unspecified atom stereocenters. The Hall–Kier alpha value is -2.16. The van der Waals surface area contributed by atoms with Gasteiger partial charge in [-0.25, -0.2) is 0 Å². The predicted octanol–water partition coefficient (Wildman–Crippen LogP) is 4.31. The van der Waals surface area contributed by atoms with E-state index < -0.39 is 11.2 Å². The van der Waals surface area contributed by atoms with Gasteiger partial charge in [-0.1, -0.05) is 11.6 Å². The predicted molar refractivity (Wildman–Crippen MR) is 90.1 cm³/mol. The highest BCUT2D eigenvalue weighted by Gasteiger charge is 2.19. The number of halogens is 1. The van der Waals surface area contributed by atoms with Gasteiger partial charge in [0.2, 0.25) is 0 Å². The minimum atomic E-state index is -0.406. The minimum Gasteiger partial charge on any atom is -0.493 e. The number of nitrogens with zero attached hydrogens (tertiary/aromatic N) is 1. The summed E-state index contributed by atoms with van der Waals surface area (Å²) in [6, 6.07) is 13.9. The number of benzene rings is 2. The van der Waals surface area contributed by atoms with Gasteiger partial charge < -0.3 is 9.47 Å². The molecule has 0 aromatic heterocycles. The highest BCUT2D eigenvalue weighted by atomic mass is 35.5. The Morgan fingerprint density at radius 1 is 1.22 bits per heavy atom. The van der Waals surface area contributed by atoms with E-state index in [1.54, 1.807) is 31.2 Å². The molecule has 0 heterocycles. The van der Waals surface area contributed by atoms with E-state index in [1.165, 1.54) is 24.9 Å². The molecule has 0 amide bonds. The summed E-state index contributed by atoms with van der Waals surface area (Å²) in [6.45, 7) is 1.76. The van der Waals surface area contributed by atoms with Crippen molar-refractivity contribution in [1.82, 2.24) is 0 Å². The minimum absolute atomic E-state index is 0.292. The van der Waals surface area contributed by atoms with Crippen LogP contribution in [-0.4, -0.2) is 18.3 Å². The number of hydrogen-bond acceptors (Lipinski definition) is 5. The lowest BCUT2D eigenvalue weighted by Gasteiger charge is -2.13. The first-order valence-electron chi connectivity index (χ1n) is 6.75. The molecule has 0 saturated carbocycles. The summed E-state index contributed by atoms with van der Waals surface area (Å²) < 4.78 is 10.5. The van der Waals surface area contributed by atoms with Gasteiger partial charge >= 0.3 is 5.97 Å². The summed E-state index contributed by atoms with van der Waals surface area (Å²) >= 11 is 7.21. The molecule has 0 radical (unpaired) electrons. The van der Waals surface area contributed by atoms with Gasteiger partial charge in [-0.05, 0) is 43.3 Å². The number of methoxy groups -OCH3 is 1. The number of carbonyl (C=O) groups is 1. The lowest BCUT2D eigenvalue weighted by Crippen LogP contribution is -2.20. The number of thioether (sulfide) groups is 1. The number of esters is 1. The van der Waals surface area contributed by atoms with E-state index in [2.05, 4.69) is 0 Å². The van der Waals surface area contributed by atoms with Crippen LogP contribution in [0.5, 0.6) is 11.5 Å². The zero-order valence-electron chi connectivity index (χ0n) is 12.6. The maximum Gasteiger partial charge on any atom is 0.324 e. The second-order valence-corrected chi connectivity index (χ2v) is 6.46. The Labute approximate surface area is 144 Å². The molecule has 2 rings (SSSR count). The summed E-state index contributed by atoms with van der Waals surface area (Å²) in [4.78, 5) is 13.1. The van der Waals surface area contributed by atoms with Crippen LogP contribution in [0, 0.1) is 11.3 Å². The molecule has 118 valence electrons. The van der Waals surface area contributed by atoms with E-state index in [9.17, 15) is 4.79 Å². The van der Waals surface area contributed by atoms with Gasteiger partial charge in [0, 0.05) is 16.0 Å². The van der Waals surface area contributed by atoms with Crippen LogP contribution < -0.4 is 9.47 Å². The van der Waals surface area contributed by atoms with Crippen LogP contribution in [-0.2, 0) is 4.79 Å². The highest BCUT2D eigenvalue weighted by molar-refractivity contribution is 8.00. The Bertz CT molecular complexity index is 740. The van der Waals surface area contributed by atoms with Gasteiger partial charge in [-0.2, -0.15) is 5.26 Å². The van der Waals surface area contributed by atoms with Gasteiger partial charge in [0.15, 0.2) is 11.5 Å². The first-order valence-corrected chi connectivity index (χ1v) is 8.01. The Morgan fingerprint density at radius 3 is 2.52 bits per heavy atom. The van der Waals surface area contributed by atoms with Crippen molar-refractivity contribution in [2.45, 2.75) is 17.1 Å². The van der Waals surface area contributed by atoms with Crippen molar-refractivity contribution in [2.75, 3.05) is 7.11 Å². The smallest absolute Gasteiger partial charge is 0.324 e. The summed E-state index contributed by atoms with van der Waals surface area (Å²) in [5.41, 5.74) is 0.435. The Kier molecular flexibility index (Phi) is 5.91. The molecular formula is C17H14ClNO3S. The molecule has 4 nitrogen and oxygen atoms in total. The third-order valence-corrected chi connectivity index (χ3v) is 4.30. The van der Waals surface area contributed by atoms with Crippen molar-refractivity contribution in [3.8, 4) is 17.6 Å². The summed E-state index contributed by atoms with van der Waals surface area (Å²) in [7, 11) is 1.46. The lowest BCUT2D eigenvalue weighted by atomic mass is 10.2. The SMILES string of the molecule is COc1cc(C#N)ccc1OC(=O)C(C)Sc1ccc(Cl)cc1. The van der Waals surface area contributed by atoms with Gasteiger partial charge in [-0.15, -0.1) is 11.8 Å². The van der Waals surface area contributed by atoms with Crippen molar-refractivity contribution in [1.29, 1.82) is 5.26 Å². The molecule has 23 heavy (non-hydrogen) atoms. The van der Waals surface area contributed by atoms with Crippen LogP contribution in [0.3, 0.4) is 0 Å². The van der Waals surface area contributed by atoms with Crippen molar-refractivity contribution < 1.29 is 14.3 Å². The standard InChI is InChI=1S/C17H14ClNO3S/c1-11(23-14-6-4-13(18)5-7-14)17(20)22-15-8-3-12(10-19)9-16(15)21-2/h3-9,11H,1-2H3. The Balaban J connectivity index is 2.06. The molecule has 2 aromatic carbocycles. The molecule has 0 fully saturated rings. The molecule has 0 N–H and O–H groups in total. The summed E-state index contributed by atoms with van der Waals surface area (Å²) in [5, 5.41) is 9.12. The first-order chi connectivity index (χ1) is 11.0.